The van der Waals surface area contributed by atoms with Gasteiger partial charge in [-0.05, 0) is 55.2 Å². The molecular formula is C25H24N2O6S. The lowest BCUT2D eigenvalue weighted by molar-refractivity contribution is -0.118. The first-order valence-electron chi connectivity index (χ1n) is 11.0. The third-order valence-corrected chi connectivity index (χ3v) is 7.85. The Bertz CT molecular complexity index is 1350. The lowest BCUT2D eigenvalue weighted by Gasteiger charge is -2.17. The summed E-state index contributed by atoms with van der Waals surface area (Å²) in [7, 11) is -2.09. The van der Waals surface area contributed by atoms with E-state index in [0.29, 0.717) is 22.9 Å². The van der Waals surface area contributed by atoms with Gasteiger partial charge in [-0.25, -0.2) is 13.4 Å². The van der Waals surface area contributed by atoms with Gasteiger partial charge >= 0.3 is 0 Å². The van der Waals surface area contributed by atoms with Gasteiger partial charge in [0.1, 0.15) is 28.6 Å². The molecule has 2 aromatic carbocycles. The van der Waals surface area contributed by atoms with Gasteiger partial charge in [-0.1, -0.05) is 24.3 Å². The fourth-order valence-corrected chi connectivity index (χ4v) is 5.87. The van der Waals surface area contributed by atoms with Gasteiger partial charge in [0, 0.05) is 11.6 Å². The molecule has 1 saturated heterocycles. The Morgan fingerprint density at radius 2 is 1.82 bits per heavy atom. The number of nitrogens with one attached hydrogen (secondary N) is 1. The molecule has 0 radical (unpaired) electrons. The second-order valence-corrected chi connectivity index (χ2v) is 10.2. The summed E-state index contributed by atoms with van der Waals surface area (Å²) >= 11 is 0. The highest BCUT2D eigenvalue weighted by Gasteiger charge is 2.37. The van der Waals surface area contributed by atoms with E-state index >= 15 is 0 Å². The van der Waals surface area contributed by atoms with Gasteiger partial charge in [0.15, 0.2) is 0 Å². The summed E-state index contributed by atoms with van der Waals surface area (Å²) in [5.41, 5.74) is 3.47. The van der Waals surface area contributed by atoms with Gasteiger partial charge < -0.3 is 14.2 Å². The van der Waals surface area contributed by atoms with E-state index in [4.69, 9.17) is 14.2 Å². The number of nitrogens with zero attached hydrogens (tertiary/aromatic N) is 1. The van der Waals surface area contributed by atoms with Crippen LogP contribution in [0.4, 0.5) is 0 Å². The molecule has 2 heterocycles. The molecule has 1 aliphatic carbocycles. The monoisotopic (exact) mass is 480 g/mol. The third-order valence-electron chi connectivity index (χ3n) is 6.15. The Morgan fingerprint density at radius 3 is 2.50 bits per heavy atom. The van der Waals surface area contributed by atoms with Gasteiger partial charge in [0.2, 0.25) is 21.8 Å². The van der Waals surface area contributed by atoms with E-state index in [-0.39, 0.29) is 12.5 Å². The SMILES string of the molecule is COc1ccc(Oc2cccc3c2CC[C@H]3Oc2ccc(C3CC(=O)NS3(=O)=O)cc2)c(C)n1. The number of benzene rings is 2. The first kappa shape index (κ1) is 22.2. The number of methoxy groups -OCH3 is 1. The molecule has 1 unspecified atom stereocenters. The maximum atomic E-state index is 12.1. The second-order valence-electron chi connectivity index (χ2n) is 8.34. The molecule has 5 rings (SSSR count). The highest BCUT2D eigenvalue weighted by Crippen LogP contribution is 2.41. The van der Waals surface area contributed by atoms with Crippen molar-refractivity contribution in [2.45, 2.75) is 37.5 Å². The number of aromatic nitrogens is 1. The van der Waals surface area contributed by atoms with Crippen LogP contribution in [0.1, 0.15) is 46.6 Å². The van der Waals surface area contributed by atoms with Crippen molar-refractivity contribution in [1.82, 2.24) is 9.71 Å². The predicted octanol–water partition coefficient (Wildman–Crippen LogP) is 4.15. The number of sulfonamides is 1. The van der Waals surface area contributed by atoms with E-state index in [2.05, 4.69) is 4.98 Å². The molecule has 1 N–H and O–H groups in total. The number of amides is 1. The Balaban J connectivity index is 1.32. The van der Waals surface area contributed by atoms with Crippen LogP contribution in [0.2, 0.25) is 0 Å². The molecule has 1 aliphatic heterocycles. The number of carbonyl (C=O) groups excluding carboxylic acids is 1. The highest BCUT2D eigenvalue weighted by molar-refractivity contribution is 7.90. The van der Waals surface area contributed by atoms with E-state index in [9.17, 15) is 13.2 Å². The molecule has 1 amide bonds. The van der Waals surface area contributed by atoms with Crippen molar-refractivity contribution in [2.75, 3.05) is 7.11 Å². The van der Waals surface area contributed by atoms with Crippen LogP contribution in [-0.2, 0) is 21.2 Å². The fourth-order valence-electron chi connectivity index (χ4n) is 4.44. The summed E-state index contributed by atoms with van der Waals surface area (Å²) in [6, 6.07) is 16.4. The van der Waals surface area contributed by atoms with Crippen molar-refractivity contribution >= 4 is 15.9 Å². The molecule has 1 aromatic heterocycles. The Hall–Kier alpha value is -3.59. The van der Waals surface area contributed by atoms with Crippen LogP contribution in [0.25, 0.3) is 0 Å². The van der Waals surface area contributed by atoms with E-state index in [1.165, 1.54) is 0 Å². The summed E-state index contributed by atoms with van der Waals surface area (Å²) < 4.78 is 43.8. The molecule has 8 nitrogen and oxygen atoms in total. The standard InChI is InChI=1S/C25H24N2O6S/c1-15-20(12-13-25(26-15)31-2)33-21-5-3-4-18-19(21)10-11-22(18)32-17-8-6-16(7-9-17)23-14-24(28)27-34(23,29)30/h3-9,12-13,22-23H,10-11,14H2,1-2H3,(H,27,28)/t22-,23?/m1/s1. The zero-order valence-electron chi connectivity index (χ0n) is 18.8. The van der Waals surface area contributed by atoms with Gasteiger partial charge in [-0.2, -0.15) is 0 Å². The molecule has 0 bridgehead atoms. The lowest BCUT2D eigenvalue weighted by Crippen LogP contribution is -2.21. The Morgan fingerprint density at radius 1 is 1.03 bits per heavy atom. The largest absolute Gasteiger partial charge is 0.486 e. The summed E-state index contributed by atoms with van der Waals surface area (Å²) in [5, 5.41) is -0.864. The lowest BCUT2D eigenvalue weighted by atomic mass is 10.1. The van der Waals surface area contributed by atoms with Crippen LogP contribution in [0.15, 0.2) is 54.6 Å². The molecule has 34 heavy (non-hydrogen) atoms. The van der Waals surface area contributed by atoms with E-state index in [0.717, 1.165) is 35.4 Å². The van der Waals surface area contributed by atoms with Crippen molar-refractivity contribution in [3.05, 3.63) is 77.0 Å². The number of ether oxygens (including phenoxy) is 3. The first-order chi connectivity index (χ1) is 16.3. The molecular weight excluding hydrogens is 456 g/mol. The zero-order valence-corrected chi connectivity index (χ0v) is 19.6. The molecule has 1 fully saturated rings. The van der Waals surface area contributed by atoms with E-state index < -0.39 is 21.2 Å². The fraction of sp³-hybridized carbons (Fsp3) is 0.280. The van der Waals surface area contributed by atoms with E-state index in [1.807, 2.05) is 35.9 Å². The predicted molar refractivity (Wildman–Crippen MR) is 125 cm³/mol. The van der Waals surface area contributed by atoms with Crippen molar-refractivity contribution in [3.63, 3.8) is 0 Å². The van der Waals surface area contributed by atoms with Gasteiger partial charge in [0.25, 0.3) is 0 Å². The maximum absolute atomic E-state index is 12.1. The highest BCUT2D eigenvalue weighted by atomic mass is 32.2. The van der Waals surface area contributed by atoms with Gasteiger partial charge in [-0.3, -0.25) is 9.52 Å². The topological polar surface area (TPSA) is 104 Å². The molecule has 3 aromatic rings. The third kappa shape index (κ3) is 4.19. The Kier molecular flexibility index (Phi) is 5.65. The van der Waals surface area contributed by atoms with Crippen molar-refractivity contribution in [3.8, 4) is 23.1 Å². The average Bonchev–Trinajstić information content (AvgIpc) is 3.35. The van der Waals surface area contributed by atoms with Crippen LogP contribution in [0, 0.1) is 6.92 Å². The number of hydrogen-bond donors (Lipinski definition) is 1. The maximum Gasteiger partial charge on any atom is 0.242 e. The number of fused-ring (bicyclic) bond motifs is 1. The smallest absolute Gasteiger partial charge is 0.242 e. The van der Waals surface area contributed by atoms with Crippen molar-refractivity contribution in [1.29, 1.82) is 0 Å². The number of carbonyl (C=O) groups is 1. The van der Waals surface area contributed by atoms with Crippen LogP contribution in [-0.4, -0.2) is 26.4 Å². The van der Waals surface area contributed by atoms with Crippen molar-refractivity contribution in [2.24, 2.45) is 0 Å². The Labute approximate surface area is 197 Å². The van der Waals surface area contributed by atoms with Crippen LogP contribution in [0.3, 0.4) is 0 Å². The minimum absolute atomic E-state index is 0.0650. The van der Waals surface area contributed by atoms with E-state index in [1.54, 1.807) is 37.4 Å². The van der Waals surface area contributed by atoms with Crippen LogP contribution in [0.5, 0.6) is 23.1 Å². The minimum Gasteiger partial charge on any atom is -0.486 e. The molecule has 9 heteroatoms. The summed E-state index contributed by atoms with van der Waals surface area (Å²) in [5.74, 6) is 2.14. The normalized spacial score (nSPS) is 20.5. The molecule has 0 spiro atoms. The van der Waals surface area contributed by atoms with Crippen LogP contribution >= 0.6 is 0 Å². The molecule has 2 aliphatic rings. The molecule has 176 valence electrons. The number of aryl methyl sites for hydroxylation is 1. The summed E-state index contributed by atoms with van der Waals surface area (Å²) in [6.07, 6.45) is 1.40. The van der Waals surface area contributed by atoms with Crippen LogP contribution < -0.4 is 18.9 Å². The molecule has 0 saturated carbocycles. The quantitative estimate of drug-likeness (QED) is 0.565. The average molecular weight is 481 g/mol. The number of rotatable bonds is 6. The number of hydrogen-bond acceptors (Lipinski definition) is 7. The van der Waals surface area contributed by atoms with Gasteiger partial charge in [-0.15, -0.1) is 0 Å². The number of pyridine rings is 1. The second kappa shape index (κ2) is 8.64. The summed E-state index contributed by atoms with van der Waals surface area (Å²) in [4.78, 5) is 15.9. The summed E-state index contributed by atoms with van der Waals surface area (Å²) in [6.45, 7) is 1.87. The van der Waals surface area contributed by atoms with Crippen molar-refractivity contribution < 1.29 is 27.4 Å². The minimum atomic E-state index is -3.67. The molecule has 2 atom stereocenters. The van der Waals surface area contributed by atoms with Gasteiger partial charge in [0.05, 0.1) is 19.2 Å². The first-order valence-corrected chi connectivity index (χ1v) is 12.5. The zero-order chi connectivity index (χ0) is 23.9.